The van der Waals surface area contributed by atoms with E-state index in [9.17, 15) is 0 Å². The van der Waals surface area contributed by atoms with Gasteiger partial charge in [0.1, 0.15) is 5.76 Å². The van der Waals surface area contributed by atoms with Crippen molar-refractivity contribution >= 4 is 0 Å². The van der Waals surface area contributed by atoms with Gasteiger partial charge in [-0.25, -0.2) is 0 Å². The van der Waals surface area contributed by atoms with Gasteiger partial charge in [-0.05, 0) is 30.9 Å². The fourth-order valence-corrected chi connectivity index (χ4v) is 2.71. The molecule has 1 aliphatic rings. The highest BCUT2D eigenvalue weighted by molar-refractivity contribution is 4.98. The number of hydrogen-bond donors (Lipinski definition) is 2. The second-order valence-corrected chi connectivity index (χ2v) is 5.25. The van der Waals surface area contributed by atoms with E-state index in [4.69, 9.17) is 10.2 Å². The summed E-state index contributed by atoms with van der Waals surface area (Å²) in [6.07, 6.45) is 6.58. The summed E-state index contributed by atoms with van der Waals surface area (Å²) in [5.74, 6) is 1.75. The molecule has 0 spiro atoms. The number of nitrogens with two attached hydrogens (primary N) is 1. The molecular weight excluding hydrogens is 200 g/mol. The van der Waals surface area contributed by atoms with Crippen molar-refractivity contribution in [2.45, 2.75) is 44.7 Å². The first-order valence-electron chi connectivity index (χ1n) is 6.20. The minimum absolute atomic E-state index is 0.00966. The fourth-order valence-electron chi connectivity index (χ4n) is 2.71. The van der Waals surface area contributed by atoms with Crippen LogP contribution < -0.4 is 11.1 Å². The van der Waals surface area contributed by atoms with Gasteiger partial charge in [0, 0.05) is 12.1 Å². The van der Waals surface area contributed by atoms with Gasteiger partial charge < -0.3 is 15.5 Å². The summed E-state index contributed by atoms with van der Waals surface area (Å²) in [4.78, 5) is 0. The Bertz CT molecular complexity index is 310. The van der Waals surface area contributed by atoms with Crippen molar-refractivity contribution in [3.8, 4) is 0 Å². The van der Waals surface area contributed by atoms with Crippen LogP contribution in [0.3, 0.4) is 0 Å². The molecule has 0 bridgehead atoms. The minimum Gasteiger partial charge on any atom is -0.468 e. The van der Waals surface area contributed by atoms with Crippen LogP contribution in [0.25, 0.3) is 0 Å². The van der Waals surface area contributed by atoms with Gasteiger partial charge in [0.15, 0.2) is 0 Å². The highest BCUT2D eigenvalue weighted by Gasteiger charge is 2.30. The lowest BCUT2D eigenvalue weighted by atomic mass is 9.77. The highest BCUT2D eigenvalue weighted by Crippen LogP contribution is 2.29. The summed E-state index contributed by atoms with van der Waals surface area (Å²) in [7, 11) is 0. The Balaban J connectivity index is 1.76. The van der Waals surface area contributed by atoms with Crippen LogP contribution in [0.1, 0.15) is 38.4 Å². The van der Waals surface area contributed by atoms with Gasteiger partial charge in [-0.2, -0.15) is 0 Å². The van der Waals surface area contributed by atoms with Gasteiger partial charge >= 0.3 is 0 Å². The summed E-state index contributed by atoms with van der Waals surface area (Å²) < 4.78 is 5.27. The molecule has 1 aromatic heterocycles. The predicted molar refractivity (Wildman–Crippen MR) is 65.0 cm³/mol. The van der Waals surface area contributed by atoms with E-state index in [-0.39, 0.29) is 5.54 Å². The van der Waals surface area contributed by atoms with Crippen LogP contribution >= 0.6 is 0 Å². The van der Waals surface area contributed by atoms with Crippen molar-refractivity contribution in [1.29, 1.82) is 0 Å². The Morgan fingerprint density at radius 2 is 2.50 bits per heavy atom. The Hall–Kier alpha value is -0.800. The molecule has 16 heavy (non-hydrogen) atoms. The smallest absolute Gasteiger partial charge is 0.117 e. The van der Waals surface area contributed by atoms with Crippen LogP contribution in [0.5, 0.6) is 0 Å². The molecule has 3 nitrogen and oxygen atoms in total. The van der Waals surface area contributed by atoms with Crippen molar-refractivity contribution in [2.75, 3.05) is 6.54 Å². The molecule has 0 aliphatic heterocycles. The molecule has 1 saturated carbocycles. The Labute approximate surface area is 97.4 Å². The largest absolute Gasteiger partial charge is 0.468 e. The monoisotopic (exact) mass is 222 g/mol. The maximum atomic E-state index is 6.40. The molecule has 3 heteroatoms. The molecular formula is C13H22N2O. The molecule has 1 heterocycles. The molecule has 2 rings (SSSR count). The van der Waals surface area contributed by atoms with E-state index in [1.807, 2.05) is 12.1 Å². The molecule has 1 aliphatic carbocycles. The Morgan fingerprint density at radius 3 is 3.19 bits per heavy atom. The highest BCUT2D eigenvalue weighted by atomic mass is 16.3. The van der Waals surface area contributed by atoms with Gasteiger partial charge in [-0.15, -0.1) is 0 Å². The molecule has 1 fully saturated rings. The summed E-state index contributed by atoms with van der Waals surface area (Å²) >= 11 is 0. The zero-order valence-electron chi connectivity index (χ0n) is 10.0. The van der Waals surface area contributed by atoms with Crippen LogP contribution in [-0.4, -0.2) is 12.1 Å². The standard InChI is InChI=1S/C13H22N2O/c1-11-4-2-6-13(14,8-11)10-15-9-12-5-3-7-16-12/h3,5,7,11,15H,2,4,6,8-10,14H2,1H3. The molecule has 2 unspecified atom stereocenters. The molecule has 0 amide bonds. The van der Waals surface area contributed by atoms with Crippen LogP contribution in [0.4, 0.5) is 0 Å². The van der Waals surface area contributed by atoms with E-state index >= 15 is 0 Å². The van der Waals surface area contributed by atoms with E-state index < -0.39 is 0 Å². The minimum atomic E-state index is -0.00966. The first-order chi connectivity index (χ1) is 7.68. The summed E-state index contributed by atoms with van der Waals surface area (Å²) in [6.45, 7) is 3.96. The number of rotatable bonds is 4. The quantitative estimate of drug-likeness (QED) is 0.821. The maximum Gasteiger partial charge on any atom is 0.117 e. The normalized spacial score (nSPS) is 30.5. The lowest BCUT2D eigenvalue weighted by Gasteiger charge is -2.37. The zero-order valence-corrected chi connectivity index (χ0v) is 10.0. The zero-order chi connectivity index (χ0) is 11.4. The van der Waals surface area contributed by atoms with Crippen LogP contribution in [0.15, 0.2) is 22.8 Å². The molecule has 90 valence electrons. The van der Waals surface area contributed by atoms with Crippen molar-refractivity contribution < 1.29 is 4.42 Å². The number of nitrogens with one attached hydrogen (secondary N) is 1. The molecule has 2 atom stereocenters. The van der Waals surface area contributed by atoms with Crippen molar-refractivity contribution in [2.24, 2.45) is 11.7 Å². The van der Waals surface area contributed by atoms with Crippen molar-refractivity contribution in [3.63, 3.8) is 0 Å². The lowest BCUT2D eigenvalue weighted by molar-refractivity contribution is 0.228. The van der Waals surface area contributed by atoms with Gasteiger partial charge in [-0.1, -0.05) is 19.8 Å². The summed E-state index contributed by atoms with van der Waals surface area (Å²) in [5.41, 5.74) is 6.39. The van der Waals surface area contributed by atoms with Gasteiger partial charge in [0.25, 0.3) is 0 Å². The lowest BCUT2D eigenvalue weighted by Crippen LogP contribution is -2.51. The third kappa shape index (κ3) is 3.09. The molecule has 0 radical (unpaired) electrons. The fraction of sp³-hybridized carbons (Fsp3) is 0.692. The average molecular weight is 222 g/mol. The van der Waals surface area contributed by atoms with E-state index in [1.165, 1.54) is 12.8 Å². The third-order valence-electron chi connectivity index (χ3n) is 3.48. The first kappa shape index (κ1) is 11.7. The Kier molecular flexibility index (Phi) is 3.66. The maximum absolute atomic E-state index is 6.40. The molecule has 1 aromatic rings. The Morgan fingerprint density at radius 1 is 1.62 bits per heavy atom. The molecule has 0 saturated heterocycles. The average Bonchev–Trinajstić information content (AvgIpc) is 2.69. The molecule has 0 aromatic carbocycles. The second kappa shape index (κ2) is 5.02. The first-order valence-corrected chi connectivity index (χ1v) is 6.20. The van der Waals surface area contributed by atoms with Crippen LogP contribution in [0.2, 0.25) is 0 Å². The van der Waals surface area contributed by atoms with E-state index in [0.29, 0.717) is 0 Å². The van der Waals surface area contributed by atoms with Gasteiger partial charge in [0.2, 0.25) is 0 Å². The van der Waals surface area contributed by atoms with E-state index in [0.717, 1.165) is 37.6 Å². The van der Waals surface area contributed by atoms with Gasteiger partial charge in [-0.3, -0.25) is 0 Å². The third-order valence-corrected chi connectivity index (χ3v) is 3.48. The van der Waals surface area contributed by atoms with Crippen molar-refractivity contribution in [1.82, 2.24) is 5.32 Å². The SMILES string of the molecule is CC1CCCC(N)(CNCc2ccco2)C1. The molecule has 3 N–H and O–H groups in total. The van der Waals surface area contributed by atoms with Crippen LogP contribution in [0, 0.1) is 5.92 Å². The second-order valence-electron chi connectivity index (χ2n) is 5.25. The van der Waals surface area contributed by atoms with Crippen LogP contribution in [-0.2, 0) is 6.54 Å². The van der Waals surface area contributed by atoms with Gasteiger partial charge in [0.05, 0.1) is 12.8 Å². The van der Waals surface area contributed by atoms with E-state index in [1.54, 1.807) is 6.26 Å². The number of hydrogen-bond acceptors (Lipinski definition) is 3. The van der Waals surface area contributed by atoms with E-state index in [2.05, 4.69) is 12.2 Å². The van der Waals surface area contributed by atoms with Crippen molar-refractivity contribution in [3.05, 3.63) is 24.2 Å². The summed E-state index contributed by atoms with van der Waals surface area (Å²) in [6, 6.07) is 3.90. The number of furan rings is 1. The topological polar surface area (TPSA) is 51.2 Å². The summed E-state index contributed by atoms with van der Waals surface area (Å²) in [5, 5.41) is 3.40. The predicted octanol–water partition coefficient (Wildman–Crippen LogP) is 2.28.